The van der Waals surface area contributed by atoms with Gasteiger partial charge < -0.3 is 4.74 Å². The molecule has 0 amide bonds. The summed E-state index contributed by atoms with van der Waals surface area (Å²) in [6.07, 6.45) is 14.5. The second-order valence-electron chi connectivity index (χ2n) is 9.32. The van der Waals surface area contributed by atoms with E-state index < -0.39 is 0 Å². The standard InChI is InChI=1S/C21H32O2/c1-14(22)23-16-8-12-21(3)15(13-16)6-7-17-18-5-4-10-20(18,2)11-9-19(17)21/h6,16-19H,4-5,7-13H2,1-3H3/t16-,17+,18-,19+,20-,21-/m0/s1. The number of ether oxygens (including phenoxy) is 1. The van der Waals surface area contributed by atoms with Crippen molar-refractivity contribution in [2.24, 2.45) is 28.6 Å². The minimum Gasteiger partial charge on any atom is -0.462 e. The summed E-state index contributed by atoms with van der Waals surface area (Å²) in [6.45, 7) is 6.64. The SMILES string of the molecule is CC(=O)O[C@H]1CC[C@@]2(C)C(=CC[C@H]3[C@H]2CC[C@]2(C)CCC[C@@H]32)C1. The lowest BCUT2D eigenvalue weighted by molar-refractivity contribution is -0.148. The van der Waals surface area contributed by atoms with Crippen LogP contribution in [0.2, 0.25) is 0 Å². The van der Waals surface area contributed by atoms with E-state index in [1.54, 1.807) is 12.5 Å². The van der Waals surface area contributed by atoms with Crippen LogP contribution in [0, 0.1) is 28.6 Å². The molecule has 3 fully saturated rings. The summed E-state index contributed by atoms with van der Waals surface area (Å²) < 4.78 is 5.53. The highest BCUT2D eigenvalue weighted by Crippen LogP contribution is 2.64. The molecule has 0 aromatic carbocycles. The van der Waals surface area contributed by atoms with Crippen molar-refractivity contribution in [3.63, 3.8) is 0 Å². The first-order chi connectivity index (χ1) is 10.9. The lowest BCUT2D eigenvalue weighted by Gasteiger charge is -2.57. The molecule has 0 spiro atoms. The van der Waals surface area contributed by atoms with Gasteiger partial charge in [0.05, 0.1) is 0 Å². The monoisotopic (exact) mass is 316 g/mol. The lowest BCUT2D eigenvalue weighted by atomic mass is 9.48. The molecule has 0 saturated heterocycles. The molecule has 0 heterocycles. The van der Waals surface area contributed by atoms with E-state index in [1.165, 1.54) is 44.9 Å². The summed E-state index contributed by atoms with van der Waals surface area (Å²) in [5.74, 6) is 2.63. The van der Waals surface area contributed by atoms with E-state index in [2.05, 4.69) is 19.9 Å². The Hall–Kier alpha value is -0.790. The average Bonchev–Trinajstić information content (AvgIpc) is 2.89. The third-order valence-electron chi connectivity index (χ3n) is 8.17. The fourth-order valence-corrected chi connectivity index (χ4v) is 6.96. The Labute approximate surface area is 141 Å². The van der Waals surface area contributed by atoms with Crippen LogP contribution in [0.4, 0.5) is 0 Å². The molecule has 0 N–H and O–H groups in total. The topological polar surface area (TPSA) is 26.3 Å². The molecule has 4 aliphatic carbocycles. The van der Waals surface area contributed by atoms with Crippen LogP contribution in [0.25, 0.3) is 0 Å². The maximum Gasteiger partial charge on any atom is 0.302 e. The Morgan fingerprint density at radius 2 is 1.96 bits per heavy atom. The normalized spacial score (nSPS) is 48.7. The van der Waals surface area contributed by atoms with Crippen molar-refractivity contribution < 1.29 is 9.53 Å². The maximum absolute atomic E-state index is 11.3. The van der Waals surface area contributed by atoms with Gasteiger partial charge in [-0.05, 0) is 73.5 Å². The van der Waals surface area contributed by atoms with Gasteiger partial charge in [-0.25, -0.2) is 0 Å². The Bertz CT molecular complexity index is 536. The molecule has 0 aliphatic heterocycles. The molecule has 6 atom stereocenters. The number of esters is 1. The van der Waals surface area contributed by atoms with Gasteiger partial charge in [0.25, 0.3) is 0 Å². The van der Waals surface area contributed by atoms with E-state index in [9.17, 15) is 4.79 Å². The minimum absolute atomic E-state index is 0.118. The summed E-state index contributed by atoms with van der Waals surface area (Å²) in [4.78, 5) is 11.3. The van der Waals surface area contributed by atoms with Gasteiger partial charge in [0, 0.05) is 13.3 Å². The molecule has 0 unspecified atom stereocenters. The zero-order chi connectivity index (χ0) is 16.2. The summed E-state index contributed by atoms with van der Waals surface area (Å²) in [7, 11) is 0. The first-order valence-electron chi connectivity index (χ1n) is 9.79. The molecule has 128 valence electrons. The highest BCUT2D eigenvalue weighted by Gasteiger charge is 2.55. The van der Waals surface area contributed by atoms with Crippen LogP contribution in [-0.4, -0.2) is 12.1 Å². The molecule has 3 saturated carbocycles. The van der Waals surface area contributed by atoms with Crippen molar-refractivity contribution in [3.05, 3.63) is 11.6 Å². The van der Waals surface area contributed by atoms with E-state index in [4.69, 9.17) is 4.74 Å². The molecule has 2 heteroatoms. The smallest absolute Gasteiger partial charge is 0.302 e. The quantitative estimate of drug-likeness (QED) is 0.486. The van der Waals surface area contributed by atoms with E-state index in [1.807, 2.05) is 0 Å². The Kier molecular flexibility index (Phi) is 3.66. The van der Waals surface area contributed by atoms with Gasteiger partial charge in [-0.15, -0.1) is 0 Å². The summed E-state index contributed by atoms with van der Waals surface area (Å²) in [5, 5.41) is 0. The van der Waals surface area contributed by atoms with Gasteiger partial charge in [0.2, 0.25) is 0 Å². The Morgan fingerprint density at radius 3 is 2.74 bits per heavy atom. The van der Waals surface area contributed by atoms with Crippen LogP contribution in [0.5, 0.6) is 0 Å². The van der Waals surface area contributed by atoms with E-state index in [0.29, 0.717) is 10.8 Å². The predicted octanol–water partition coefficient (Wildman–Crippen LogP) is 5.27. The van der Waals surface area contributed by atoms with Crippen LogP contribution < -0.4 is 0 Å². The summed E-state index contributed by atoms with van der Waals surface area (Å²) >= 11 is 0. The molecular weight excluding hydrogens is 284 g/mol. The molecule has 4 rings (SSSR count). The zero-order valence-electron chi connectivity index (χ0n) is 15.1. The third-order valence-corrected chi connectivity index (χ3v) is 8.17. The van der Waals surface area contributed by atoms with Gasteiger partial charge >= 0.3 is 5.97 Å². The first kappa shape index (κ1) is 15.7. The Balaban J connectivity index is 1.58. The molecule has 4 aliphatic rings. The van der Waals surface area contributed by atoms with E-state index >= 15 is 0 Å². The third kappa shape index (κ3) is 2.39. The van der Waals surface area contributed by atoms with E-state index in [-0.39, 0.29) is 12.1 Å². The highest BCUT2D eigenvalue weighted by molar-refractivity contribution is 5.66. The molecule has 0 radical (unpaired) electrons. The van der Waals surface area contributed by atoms with Gasteiger partial charge in [-0.3, -0.25) is 4.79 Å². The second-order valence-corrected chi connectivity index (χ2v) is 9.32. The number of allylic oxidation sites excluding steroid dienone is 1. The number of carbonyl (C=O) groups excluding carboxylic acids is 1. The minimum atomic E-state index is -0.118. The zero-order valence-corrected chi connectivity index (χ0v) is 15.1. The van der Waals surface area contributed by atoms with Gasteiger partial charge in [-0.2, -0.15) is 0 Å². The van der Waals surface area contributed by atoms with Gasteiger partial charge in [0.1, 0.15) is 6.10 Å². The number of carbonyl (C=O) groups is 1. The molecule has 2 nitrogen and oxygen atoms in total. The fraction of sp³-hybridized carbons (Fsp3) is 0.857. The number of hydrogen-bond acceptors (Lipinski definition) is 2. The van der Waals surface area contributed by atoms with Crippen molar-refractivity contribution in [2.45, 2.75) is 84.7 Å². The van der Waals surface area contributed by atoms with E-state index in [0.717, 1.165) is 30.6 Å². The van der Waals surface area contributed by atoms with Crippen LogP contribution in [0.15, 0.2) is 11.6 Å². The van der Waals surface area contributed by atoms with Crippen molar-refractivity contribution in [2.75, 3.05) is 0 Å². The van der Waals surface area contributed by atoms with Crippen molar-refractivity contribution in [3.8, 4) is 0 Å². The Morgan fingerprint density at radius 1 is 1.13 bits per heavy atom. The molecule has 0 aromatic rings. The van der Waals surface area contributed by atoms with Gasteiger partial charge in [0.15, 0.2) is 0 Å². The summed E-state index contributed by atoms with van der Waals surface area (Å²) in [6, 6.07) is 0. The number of hydrogen-bond donors (Lipinski definition) is 0. The van der Waals surface area contributed by atoms with Crippen molar-refractivity contribution in [1.29, 1.82) is 0 Å². The van der Waals surface area contributed by atoms with Crippen LogP contribution in [-0.2, 0) is 9.53 Å². The highest BCUT2D eigenvalue weighted by atomic mass is 16.5. The average molecular weight is 316 g/mol. The largest absolute Gasteiger partial charge is 0.462 e. The number of fused-ring (bicyclic) bond motifs is 5. The second kappa shape index (κ2) is 5.36. The van der Waals surface area contributed by atoms with Crippen LogP contribution in [0.3, 0.4) is 0 Å². The van der Waals surface area contributed by atoms with Crippen molar-refractivity contribution >= 4 is 5.97 Å². The fourth-order valence-electron chi connectivity index (χ4n) is 6.96. The predicted molar refractivity (Wildman–Crippen MR) is 91.9 cm³/mol. The maximum atomic E-state index is 11.3. The molecule has 0 bridgehead atoms. The molecule has 23 heavy (non-hydrogen) atoms. The van der Waals surface area contributed by atoms with Crippen LogP contribution in [0.1, 0.15) is 78.6 Å². The van der Waals surface area contributed by atoms with Gasteiger partial charge in [-0.1, -0.05) is 31.9 Å². The van der Waals surface area contributed by atoms with Crippen molar-refractivity contribution in [1.82, 2.24) is 0 Å². The molecule has 0 aromatic heterocycles. The first-order valence-corrected chi connectivity index (χ1v) is 9.79. The summed E-state index contributed by atoms with van der Waals surface area (Å²) in [5.41, 5.74) is 2.62. The molecular formula is C21H32O2. The van der Waals surface area contributed by atoms with Crippen LogP contribution >= 0.6 is 0 Å². The lowest BCUT2D eigenvalue weighted by Crippen LogP contribution is -2.49. The number of rotatable bonds is 1.